The minimum absolute atomic E-state index is 0. The van der Waals surface area contributed by atoms with Crippen LogP contribution in [0.1, 0.15) is 30.5 Å². The molecule has 0 saturated carbocycles. The van der Waals surface area contributed by atoms with E-state index in [-0.39, 0.29) is 12.4 Å². The molecule has 0 saturated heterocycles. The van der Waals surface area contributed by atoms with Crippen molar-refractivity contribution in [2.75, 3.05) is 6.54 Å². The van der Waals surface area contributed by atoms with E-state index in [1.165, 1.54) is 11.1 Å². The fraction of sp³-hybridized carbons (Fsp3) is 0.455. The Kier molecular flexibility index (Phi) is 3.78. The molecule has 0 aliphatic carbocycles. The first-order valence-corrected chi connectivity index (χ1v) is 4.86. The molecular weight excluding hydrogens is 198 g/mol. The van der Waals surface area contributed by atoms with Gasteiger partial charge in [0.05, 0.1) is 0 Å². The van der Waals surface area contributed by atoms with Crippen molar-refractivity contribution in [2.24, 2.45) is 0 Å². The molecule has 0 fully saturated rings. The van der Waals surface area contributed by atoms with Gasteiger partial charge in [0.1, 0.15) is 5.75 Å². The first kappa shape index (κ1) is 11.3. The van der Waals surface area contributed by atoms with E-state index in [2.05, 4.69) is 12.2 Å². The van der Waals surface area contributed by atoms with Gasteiger partial charge in [0.15, 0.2) is 0 Å². The van der Waals surface area contributed by atoms with Gasteiger partial charge in [0.2, 0.25) is 0 Å². The van der Waals surface area contributed by atoms with Crippen LogP contribution in [-0.4, -0.2) is 11.7 Å². The third kappa shape index (κ3) is 2.02. The molecule has 14 heavy (non-hydrogen) atoms. The molecule has 2 N–H and O–H groups in total. The molecule has 0 aromatic heterocycles. The Morgan fingerprint density at radius 1 is 1.50 bits per heavy atom. The van der Waals surface area contributed by atoms with Crippen LogP contribution < -0.4 is 5.32 Å². The van der Waals surface area contributed by atoms with Crippen LogP contribution in [-0.2, 0) is 6.42 Å². The van der Waals surface area contributed by atoms with E-state index in [0.29, 0.717) is 11.8 Å². The van der Waals surface area contributed by atoms with Gasteiger partial charge < -0.3 is 10.4 Å². The Labute approximate surface area is 90.7 Å². The molecule has 2 nitrogen and oxygen atoms in total. The predicted octanol–water partition coefficient (Wildman–Crippen LogP) is 2.41. The minimum Gasteiger partial charge on any atom is -0.508 e. The lowest BCUT2D eigenvalue weighted by molar-refractivity contribution is 0.464. The highest BCUT2D eigenvalue weighted by molar-refractivity contribution is 5.85. The number of benzene rings is 1. The van der Waals surface area contributed by atoms with E-state index in [1.54, 1.807) is 6.07 Å². The van der Waals surface area contributed by atoms with Gasteiger partial charge in [0.25, 0.3) is 0 Å². The highest BCUT2D eigenvalue weighted by Crippen LogP contribution is 2.27. The first-order chi connectivity index (χ1) is 6.31. The minimum atomic E-state index is 0. The van der Waals surface area contributed by atoms with E-state index in [1.807, 2.05) is 12.1 Å². The van der Waals surface area contributed by atoms with Gasteiger partial charge in [-0.3, -0.25) is 0 Å². The van der Waals surface area contributed by atoms with Gasteiger partial charge in [-0.1, -0.05) is 13.0 Å². The number of hydrogen-bond acceptors (Lipinski definition) is 2. The van der Waals surface area contributed by atoms with Gasteiger partial charge in [0, 0.05) is 6.04 Å². The Bertz CT molecular complexity index is 314. The predicted molar refractivity (Wildman–Crippen MR) is 60.1 cm³/mol. The van der Waals surface area contributed by atoms with Crippen molar-refractivity contribution in [3.8, 4) is 5.75 Å². The molecule has 1 heterocycles. The molecule has 0 amide bonds. The number of rotatable bonds is 1. The van der Waals surface area contributed by atoms with Crippen molar-refractivity contribution in [2.45, 2.75) is 25.8 Å². The summed E-state index contributed by atoms with van der Waals surface area (Å²) in [7, 11) is 0. The Morgan fingerprint density at radius 3 is 3.00 bits per heavy atom. The molecule has 0 radical (unpaired) electrons. The van der Waals surface area contributed by atoms with Gasteiger partial charge in [-0.2, -0.15) is 0 Å². The highest BCUT2D eigenvalue weighted by Gasteiger charge is 2.17. The Balaban J connectivity index is 0.000000980. The lowest BCUT2D eigenvalue weighted by atomic mass is 9.93. The smallest absolute Gasteiger partial charge is 0.115 e. The van der Waals surface area contributed by atoms with E-state index in [0.717, 1.165) is 19.4 Å². The Morgan fingerprint density at radius 2 is 2.29 bits per heavy atom. The topological polar surface area (TPSA) is 32.3 Å². The average Bonchev–Trinajstić information content (AvgIpc) is 2.16. The second kappa shape index (κ2) is 4.67. The van der Waals surface area contributed by atoms with Crippen LogP contribution >= 0.6 is 12.4 Å². The summed E-state index contributed by atoms with van der Waals surface area (Å²) < 4.78 is 0. The first-order valence-electron chi connectivity index (χ1n) is 4.86. The molecule has 0 bridgehead atoms. The summed E-state index contributed by atoms with van der Waals surface area (Å²) in [5.41, 5.74) is 2.65. The molecule has 1 aromatic rings. The molecule has 1 aliphatic rings. The van der Waals surface area contributed by atoms with Crippen LogP contribution in [0.3, 0.4) is 0 Å². The number of aromatic hydroxyl groups is 1. The third-order valence-corrected chi connectivity index (χ3v) is 2.70. The van der Waals surface area contributed by atoms with Crippen LogP contribution in [0.5, 0.6) is 5.75 Å². The zero-order chi connectivity index (χ0) is 9.26. The van der Waals surface area contributed by atoms with Crippen LogP contribution in [0.2, 0.25) is 0 Å². The largest absolute Gasteiger partial charge is 0.508 e. The summed E-state index contributed by atoms with van der Waals surface area (Å²) in [5, 5.41) is 12.8. The molecule has 1 unspecified atom stereocenters. The lowest BCUT2D eigenvalue weighted by Gasteiger charge is -2.25. The molecule has 1 aliphatic heterocycles. The molecule has 1 aromatic carbocycles. The van der Waals surface area contributed by atoms with Crippen molar-refractivity contribution in [1.82, 2.24) is 5.32 Å². The SMILES string of the molecule is CCC1NCCc2cc(O)ccc21.Cl. The quantitative estimate of drug-likeness (QED) is 0.751. The van der Waals surface area contributed by atoms with Crippen molar-refractivity contribution in [3.63, 3.8) is 0 Å². The van der Waals surface area contributed by atoms with Gasteiger partial charge in [-0.05, 0) is 42.6 Å². The zero-order valence-corrected chi connectivity index (χ0v) is 9.10. The molecule has 0 spiro atoms. The summed E-state index contributed by atoms with van der Waals surface area (Å²) in [5.74, 6) is 0.385. The van der Waals surface area contributed by atoms with Crippen LogP contribution in [0.15, 0.2) is 18.2 Å². The van der Waals surface area contributed by atoms with E-state index >= 15 is 0 Å². The fourth-order valence-corrected chi connectivity index (χ4v) is 2.00. The van der Waals surface area contributed by atoms with Gasteiger partial charge in [-0.15, -0.1) is 12.4 Å². The van der Waals surface area contributed by atoms with Crippen LogP contribution in [0.25, 0.3) is 0 Å². The normalized spacial score (nSPS) is 19.6. The van der Waals surface area contributed by atoms with Crippen molar-refractivity contribution >= 4 is 12.4 Å². The summed E-state index contributed by atoms with van der Waals surface area (Å²) in [6, 6.07) is 6.17. The number of nitrogens with one attached hydrogen (secondary N) is 1. The Hall–Kier alpha value is -0.730. The van der Waals surface area contributed by atoms with E-state index < -0.39 is 0 Å². The van der Waals surface area contributed by atoms with Crippen LogP contribution in [0, 0.1) is 0 Å². The maximum absolute atomic E-state index is 9.33. The summed E-state index contributed by atoms with van der Waals surface area (Å²) in [4.78, 5) is 0. The second-order valence-electron chi connectivity index (χ2n) is 3.55. The number of halogens is 1. The van der Waals surface area contributed by atoms with Gasteiger partial charge >= 0.3 is 0 Å². The fourth-order valence-electron chi connectivity index (χ4n) is 2.00. The maximum Gasteiger partial charge on any atom is 0.115 e. The molecular formula is C11H16ClNO. The molecule has 78 valence electrons. The number of hydrogen-bond donors (Lipinski definition) is 2. The number of fused-ring (bicyclic) bond motifs is 1. The van der Waals surface area contributed by atoms with Crippen molar-refractivity contribution < 1.29 is 5.11 Å². The third-order valence-electron chi connectivity index (χ3n) is 2.70. The highest BCUT2D eigenvalue weighted by atomic mass is 35.5. The molecule has 2 rings (SSSR count). The molecule has 1 atom stereocenters. The number of phenolic OH excluding ortho intramolecular Hbond substituents is 1. The van der Waals surface area contributed by atoms with Crippen molar-refractivity contribution in [1.29, 1.82) is 0 Å². The van der Waals surface area contributed by atoms with Gasteiger partial charge in [-0.25, -0.2) is 0 Å². The van der Waals surface area contributed by atoms with Crippen LogP contribution in [0.4, 0.5) is 0 Å². The molecule has 3 heteroatoms. The second-order valence-corrected chi connectivity index (χ2v) is 3.55. The lowest BCUT2D eigenvalue weighted by Crippen LogP contribution is -2.29. The van der Waals surface area contributed by atoms with E-state index in [4.69, 9.17) is 0 Å². The number of phenols is 1. The maximum atomic E-state index is 9.33. The monoisotopic (exact) mass is 213 g/mol. The summed E-state index contributed by atoms with van der Waals surface area (Å²) in [6.07, 6.45) is 2.14. The summed E-state index contributed by atoms with van der Waals surface area (Å²) >= 11 is 0. The standard InChI is InChI=1S/C11H15NO.ClH/c1-2-11-10-4-3-9(13)7-8(10)5-6-12-11;/h3-4,7,11-13H,2,5-6H2,1H3;1H. The average molecular weight is 214 g/mol. The van der Waals surface area contributed by atoms with Crippen molar-refractivity contribution in [3.05, 3.63) is 29.3 Å². The van der Waals surface area contributed by atoms with E-state index in [9.17, 15) is 5.11 Å². The zero-order valence-electron chi connectivity index (χ0n) is 8.29. The summed E-state index contributed by atoms with van der Waals surface area (Å²) in [6.45, 7) is 3.20.